The van der Waals surface area contributed by atoms with Crippen LogP contribution in [-0.2, 0) is 26.0 Å². The van der Waals surface area contributed by atoms with Gasteiger partial charge in [-0.25, -0.2) is 9.38 Å². The van der Waals surface area contributed by atoms with E-state index in [1.165, 1.54) is 10.9 Å². The number of thiophene rings is 1. The van der Waals surface area contributed by atoms with Crippen molar-refractivity contribution in [3.05, 3.63) is 98.0 Å². The number of benzene rings is 2. The van der Waals surface area contributed by atoms with Crippen LogP contribution >= 0.6 is 27.3 Å². The van der Waals surface area contributed by atoms with Crippen LogP contribution in [0.2, 0.25) is 0 Å². The highest BCUT2D eigenvalue weighted by Crippen LogP contribution is 2.45. The first-order valence-corrected chi connectivity index (χ1v) is 15.5. The molecule has 2 heterocycles. The van der Waals surface area contributed by atoms with E-state index in [1.54, 1.807) is 55.2 Å². The van der Waals surface area contributed by atoms with Crippen LogP contribution in [0.25, 0.3) is 0 Å². The van der Waals surface area contributed by atoms with Crippen LogP contribution in [-0.4, -0.2) is 19.2 Å². The minimum atomic E-state index is -0.326. The molecule has 1 amide bonds. The van der Waals surface area contributed by atoms with E-state index in [2.05, 4.69) is 42.0 Å². The number of nitrogens with one attached hydrogen (secondary N) is 1. The highest BCUT2D eigenvalue weighted by atomic mass is 79.9. The van der Waals surface area contributed by atoms with Gasteiger partial charge in [-0.3, -0.25) is 4.79 Å². The maximum absolute atomic E-state index is 14.1. The molecule has 0 radical (unpaired) electrons. The Kier molecular flexibility index (Phi) is 9.18. The van der Waals surface area contributed by atoms with Crippen LogP contribution in [0.4, 0.5) is 9.39 Å². The summed E-state index contributed by atoms with van der Waals surface area (Å²) in [4.78, 5) is 19.6. The third-order valence-corrected chi connectivity index (χ3v) is 9.37. The first-order chi connectivity index (χ1) is 20.1. The van der Waals surface area contributed by atoms with Gasteiger partial charge in [0.1, 0.15) is 23.2 Å². The number of rotatable bonds is 9. The molecule has 9 heteroatoms. The molecule has 0 fully saturated rings. The lowest BCUT2D eigenvalue weighted by molar-refractivity contribution is 0.0947. The molecule has 1 aliphatic rings. The van der Waals surface area contributed by atoms with Gasteiger partial charge in [0.05, 0.1) is 30.0 Å². The van der Waals surface area contributed by atoms with E-state index in [-0.39, 0.29) is 23.7 Å². The molecule has 0 bridgehead atoms. The second kappa shape index (κ2) is 12.8. The average Bonchev–Trinajstić information content (AvgIpc) is 3.61. The van der Waals surface area contributed by atoms with Gasteiger partial charge in [0, 0.05) is 16.7 Å². The predicted octanol–water partition coefficient (Wildman–Crippen LogP) is 8.66. The van der Waals surface area contributed by atoms with E-state index in [4.69, 9.17) is 18.9 Å². The van der Waals surface area contributed by atoms with Crippen molar-refractivity contribution >= 4 is 44.4 Å². The summed E-state index contributed by atoms with van der Waals surface area (Å²) in [7, 11) is 1.55. The molecule has 4 aromatic rings. The number of hydrogen-bond acceptors (Lipinski definition) is 6. The van der Waals surface area contributed by atoms with Crippen LogP contribution < -0.4 is 14.8 Å². The lowest BCUT2D eigenvalue weighted by atomic mass is 9.72. The summed E-state index contributed by atoms with van der Waals surface area (Å²) in [6, 6.07) is 13.8. The average molecular weight is 654 g/mol. The largest absolute Gasteiger partial charge is 0.493 e. The molecule has 1 N–H and O–H groups in total. The highest BCUT2D eigenvalue weighted by Gasteiger charge is 2.33. The number of methoxy groups -OCH3 is 1. The standard InChI is InChI=1S/C33H34BrFN2O4S/c1-33(2,3)22-11-12-24-28(16-22)42-32(29(24)31(38)36-18-23-9-7-13-40-23)37-17-20-14-25(34)30(27(15-20)39-4)41-19-21-8-5-6-10-26(21)35/h5-10,13-15,17,22H,11-12,16,18-19H2,1-4H3,(H,36,38)/t22-/m1/s1. The summed E-state index contributed by atoms with van der Waals surface area (Å²) in [6.07, 6.45) is 6.15. The van der Waals surface area contributed by atoms with Crippen LogP contribution in [0.3, 0.4) is 0 Å². The third-order valence-electron chi connectivity index (χ3n) is 7.61. The van der Waals surface area contributed by atoms with E-state index < -0.39 is 0 Å². The Bertz CT molecular complexity index is 1590. The molecule has 42 heavy (non-hydrogen) atoms. The smallest absolute Gasteiger partial charge is 0.255 e. The normalized spacial score (nSPS) is 15.0. The maximum atomic E-state index is 14.1. The second-order valence-electron chi connectivity index (χ2n) is 11.4. The molecule has 6 nitrogen and oxygen atoms in total. The van der Waals surface area contributed by atoms with Crippen molar-refractivity contribution in [3.63, 3.8) is 0 Å². The number of nitrogens with zero attached hydrogens (tertiary/aromatic N) is 1. The van der Waals surface area contributed by atoms with Crippen LogP contribution in [0.5, 0.6) is 11.5 Å². The lowest BCUT2D eigenvalue weighted by Crippen LogP contribution is -2.28. The quantitative estimate of drug-likeness (QED) is 0.184. The Hall–Kier alpha value is -3.43. The minimum absolute atomic E-state index is 0.0574. The summed E-state index contributed by atoms with van der Waals surface area (Å²) >= 11 is 5.17. The fourth-order valence-electron chi connectivity index (χ4n) is 5.16. The van der Waals surface area contributed by atoms with Crippen LogP contribution in [0, 0.1) is 17.2 Å². The molecule has 0 aliphatic heterocycles. The predicted molar refractivity (Wildman–Crippen MR) is 168 cm³/mol. The van der Waals surface area contributed by atoms with Crippen molar-refractivity contribution in [1.82, 2.24) is 5.32 Å². The topological polar surface area (TPSA) is 73.1 Å². The molecule has 2 aromatic heterocycles. The molecule has 0 saturated carbocycles. The Balaban J connectivity index is 1.42. The van der Waals surface area contributed by atoms with E-state index in [0.717, 1.165) is 30.4 Å². The van der Waals surface area contributed by atoms with E-state index in [9.17, 15) is 9.18 Å². The fourth-order valence-corrected chi connectivity index (χ4v) is 7.00. The monoisotopic (exact) mass is 652 g/mol. The van der Waals surface area contributed by atoms with Crippen molar-refractivity contribution in [2.24, 2.45) is 16.3 Å². The number of amides is 1. The number of aliphatic imine (C=N–C) groups is 1. The number of halogens is 2. The van der Waals surface area contributed by atoms with Gasteiger partial charge in [0.2, 0.25) is 0 Å². The molecule has 220 valence electrons. The van der Waals surface area contributed by atoms with Gasteiger partial charge in [-0.1, -0.05) is 39.0 Å². The number of ether oxygens (including phenoxy) is 2. The van der Waals surface area contributed by atoms with Crippen LogP contribution in [0.1, 0.15) is 64.9 Å². The molecule has 1 atom stereocenters. The Morgan fingerprint density at radius 3 is 2.76 bits per heavy atom. The van der Waals surface area contributed by atoms with Gasteiger partial charge in [-0.05, 0) is 88.0 Å². The lowest BCUT2D eigenvalue weighted by Gasteiger charge is -2.33. The summed E-state index contributed by atoms with van der Waals surface area (Å²) in [5.74, 6) is 1.71. The van der Waals surface area contributed by atoms with Crippen LogP contribution in [0.15, 0.2) is 68.7 Å². The molecular formula is C33H34BrFN2O4S. The fraction of sp³-hybridized carbons (Fsp3) is 0.333. The van der Waals surface area contributed by atoms with Gasteiger partial charge in [0.25, 0.3) is 5.91 Å². The van der Waals surface area contributed by atoms with Gasteiger partial charge < -0.3 is 19.2 Å². The molecule has 0 saturated heterocycles. The van der Waals surface area contributed by atoms with Gasteiger partial charge in [0.15, 0.2) is 11.5 Å². The summed E-state index contributed by atoms with van der Waals surface area (Å²) in [5.41, 5.74) is 3.13. The SMILES string of the molecule is COc1cc(C=Nc2sc3c(c2C(=O)NCc2ccco2)CC[C@@H](C(C)(C)C)C3)cc(Br)c1OCc1ccccc1F. The molecule has 0 unspecified atom stereocenters. The third kappa shape index (κ3) is 6.79. The van der Waals surface area contributed by atoms with Crippen molar-refractivity contribution in [3.8, 4) is 11.5 Å². The van der Waals surface area contributed by atoms with Gasteiger partial charge in [-0.2, -0.15) is 0 Å². The number of carbonyl (C=O) groups is 1. The molecule has 0 spiro atoms. The second-order valence-corrected chi connectivity index (χ2v) is 13.4. The molecule has 1 aliphatic carbocycles. The van der Waals surface area contributed by atoms with Gasteiger partial charge >= 0.3 is 0 Å². The van der Waals surface area contributed by atoms with E-state index >= 15 is 0 Å². The van der Waals surface area contributed by atoms with Crippen molar-refractivity contribution < 1.29 is 23.1 Å². The minimum Gasteiger partial charge on any atom is -0.493 e. The zero-order valence-electron chi connectivity index (χ0n) is 24.1. The first-order valence-electron chi connectivity index (χ1n) is 13.9. The van der Waals surface area contributed by atoms with E-state index in [0.29, 0.717) is 50.3 Å². The summed E-state index contributed by atoms with van der Waals surface area (Å²) in [5, 5.41) is 3.70. The zero-order chi connectivity index (χ0) is 29.9. The Morgan fingerprint density at radius 1 is 1.24 bits per heavy atom. The number of fused-ring (bicyclic) bond motifs is 1. The Labute approximate surface area is 258 Å². The molecule has 5 rings (SSSR count). The van der Waals surface area contributed by atoms with E-state index in [1.807, 2.05) is 18.2 Å². The number of hydrogen-bond donors (Lipinski definition) is 1. The summed E-state index contributed by atoms with van der Waals surface area (Å²) < 4.78 is 31.7. The molecule has 2 aromatic carbocycles. The first kappa shape index (κ1) is 30.0. The summed E-state index contributed by atoms with van der Waals surface area (Å²) in [6.45, 7) is 7.20. The molecular weight excluding hydrogens is 619 g/mol. The maximum Gasteiger partial charge on any atom is 0.255 e. The van der Waals surface area contributed by atoms with Crippen molar-refractivity contribution in [2.45, 2.75) is 53.2 Å². The van der Waals surface area contributed by atoms with Crippen molar-refractivity contribution in [1.29, 1.82) is 0 Å². The van der Waals surface area contributed by atoms with Crippen molar-refractivity contribution in [2.75, 3.05) is 7.11 Å². The highest BCUT2D eigenvalue weighted by molar-refractivity contribution is 9.10. The zero-order valence-corrected chi connectivity index (χ0v) is 26.5. The Morgan fingerprint density at radius 2 is 2.05 bits per heavy atom. The number of furan rings is 1. The number of carbonyl (C=O) groups excluding carboxylic acids is 1. The van der Waals surface area contributed by atoms with Gasteiger partial charge in [-0.15, -0.1) is 11.3 Å².